The molecule has 1 unspecified atom stereocenters. The van der Waals surface area contributed by atoms with Gasteiger partial charge in [-0.1, -0.05) is 57.0 Å². The van der Waals surface area contributed by atoms with Crippen molar-refractivity contribution in [1.29, 1.82) is 0 Å². The van der Waals surface area contributed by atoms with E-state index in [9.17, 15) is 0 Å². The Kier molecular flexibility index (Phi) is 7.15. The fourth-order valence-electron chi connectivity index (χ4n) is 2.18. The van der Waals surface area contributed by atoms with Gasteiger partial charge in [-0.15, -0.1) is 0 Å². The summed E-state index contributed by atoms with van der Waals surface area (Å²) in [7, 11) is 0. The molecule has 0 bridgehead atoms. The maximum Gasteiger partial charge on any atom is 1.00 e. The molecule has 0 aliphatic rings. The van der Waals surface area contributed by atoms with E-state index in [1.807, 2.05) is 0 Å². The monoisotopic (exact) mass is 196 g/mol. The molecule has 0 amide bonds. The minimum absolute atomic E-state index is 0. The molecule has 0 aliphatic heterocycles. The van der Waals surface area contributed by atoms with Gasteiger partial charge in [0.1, 0.15) is 0 Å². The zero-order valence-electron chi connectivity index (χ0n) is 10.8. The smallest absolute Gasteiger partial charge is 0.210 e. The quantitative estimate of drug-likeness (QED) is 0.611. The van der Waals surface area contributed by atoms with E-state index < -0.39 is 0 Å². The Labute approximate surface area is 107 Å². The first-order valence-electron chi connectivity index (χ1n) is 6.01. The molecule has 1 atom stereocenters. The molecule has 1 rings (SSSR count). The van der Waals surface area contributed by atoms with Gasteiger partial charge < -0.3 is 0 Å². The molecule has 0 fully saturated rings. The van der Waals surface area contributed by atoms with Crippen molar-refractivity contribution in [3.05, 3.63) is 30.3 Å². The minimum atomic E-state index is -0.292. The van der Waals surface area contributed by atoms with Crippen molar-refractivity contribution in [2.24, 2.45) is 0 Å². The third-order valence-electron chi connectivity index (χ3n) is 3.70. The van der Waals surface area contributed by atoms with Crippen molar-refractivity contribution in [2.75, 3.05) is 0 Å². The van der Waals surface area contributed by atoms with Gasteiger partial charge in [-0.05, 0) is 0 Å². The summed E-state index contributed by atoms with van der Waals surface area (Å²) in [5.74, 6) is 0. The van der Waals surface area contributed by atoms with Crippen LogP contribution in [-0.2, 0) is 0 Å². The summed E-state index contributed by atoms with van der Waals surface area (Å²) in [6.07, 6.45) is 5.05. The summed E-state index contributed by atoms with van der Waals surface area (Å²) in [4.78, 5) is 0. The van der Waals surface area contributed by atoms with Crippen molar-refractivity contribution in [2.45, 2.75) is 46.2 Å². The number of unbranched alkanes of at least 4 members (excludes halogenated alkanes) is 1. The maximum atomic E-state index is 2.45. The standard InChI is InChI=1S/C13H22B.Li/c1-4-6-12-14(3,5-2)13-10-8-7-9-11-13;/h7-11H,4-6,12H2,1-3H3;/q-1;+1. The van der Waals surface area contributed by atoms with Gasteiger partial charge in [0.2, 0.25) is 0 Å². The van der Waals surface area contributed by atoms with Gasteiger partial charge in [-0.25, -0.2) is 5.46 Å². The van der Waals surface area contributed by atoms with Crippen molar-refractivity contribution in [3.63, 3.8) is 0 Å². The van der Waals surface area contributed by atoms with Gasteiger partial charge in [0.05, 0.1) is 0 Å². The van der Waals surface area contributed by atoms with Crippen LogP contribution in [0, 0.1) is 0 Å². The van der Waals surface area contributed by atoms with E-state index in [1.165, 1.54) is 25.5 Å². The van der Waals surface area contributed by atoms with E-state index in [0.717, 1.165) is 0 Å². The second-order valence-corrected chi connectivity index (χ2v) is 4.76. The molecule has 0 radical (unpaired) electrons. The van der Waals surface area contributed by atoms with Crippen molar-refractivity contribution in [3.8, 4) is 0 Å². The fourth-order valence-corrected chi connectivity index (χ4v) is 2.18. The van der Waals surface area contributed by atoms with E-state index in [1.54, 1.807) is 5.46 Å². The number of benzene rings is 1. The summed E-state index contributed by atoms with van der Waals surface area (Å²) in [5, 5.41) is 0. The van der Waals surface area contributed by atoms with Crippen LogP contribution in [0.3, 0.4) is 0 Å². The molecule has 2 heteroatoms. The molecule has 0 spiro atoms. The summed E-state index contributed by atoms with van der Waals surface area (Å²) < 4.78 is 0. The zero-order valence-corrected chi connectivity index (χ0v) is 10.8. The first-order valence-corrected chi connectivity index (χ1v) is 6.01. The second-order valence-electron chi connectivity index (χ2n) is 4.76. The van der Waals surface area contributed by atoms with Crippen LogP contribution in [-0.4, -0.2) is 6.15 Å². The minimum Gasteiger partial charge on any atom is -0.210 e. The molecule has 0 saturated heterocycles. The molecule has 0 heterocycles. The predicted molar refractivity (Wildman–Crippen MR) is 67.9 cm³/mol. The number of hydrogen-bond donors (Lipinski definition) is 0. The van der Waals surface area contributed by atoms with Gasteiger partial charge in [0.25, 0.3) is 0 Å². The van der Waals surface area contributed by atoms with Crippen LogP contribution in [0.4, 0.5) is 0 Å². The Morgan fingerprint density at radius 2 is 1.67 bits per heavy atom. The second kappa shape index (κ2) is 7.20. The van der Waals surface area contributed by atoms with E-state index >= 15 is 0 Å². The largest absolute Gasteiger partial charge is 1.00 e. The molecule has 0 N–H and O–H groups in total. The van der Waals surface area contributed by atoms with E-state index in [4.69, 9.17) is 0 Å². The van der Waals surface area contributed by atoms with Crippen LogP contribution in [0.25, 0.3) is 0 Å². The molecule has 0 saturated carbocycles. The Balaban J connectivity index is 0.00000196. The average Bonchev–Trinajstić information content (AvgIpc) is 2.27. The third-order valence-corrected chi connectivity index (χ3v) is 3.70. The van der Waals surface area contributed by atoms with Crippen molar-refractivity contribution >= 4 is 11.6 Å². The third kappa shape index (κ3) is 4.09. The summed E-state index contributed by atoms with van der Waals surface area (Å²) >= 11 is 0. The Morgan fingerprint density at radius 1 is 1.07 bits per heavy atom. The molecular weight excluding hydrogens is 174 g/mol. The predicted octanol–water partition coefficient (Wildman–Crippen LogP) is 0.796. The Morgan fingerprint density at radius 3 is 2.13 bits per heavy atom. The van der Waals surface area contributed by atoms with Crippen LogP contribution in [0.1, 0.15) is 26.7 Å². The van der Waals surface area contributed by atoms with Gasteiger partial charge >= 0.3 is 18.9 Å². The summed E-state index contributed by atoms with van der Waals surface area (Å²) in [5.41, 5.74) is 1.56. The van der Waals surface area contributed by atoms with Crippen molar-refractivity contribution in [1.82, 2.24) is 0 Å². The summed E-state index contributed by atoms with van der Waals surface area (Å²) in [6, 6.07) is 11.0. The van der Waals surface area contributed by atoms with Gasteiger partial charge in [-0.2, -0.15) is 19.5 Å². The fraction of sp³-hybridized carbons (Fsp3) is 0.538. The van der Waals surface area contributed by atoms with Gasteiger partial charge in [-0.3, -0.25) is 0 Å². The molecule has 0 aliphatic carbocycles. The number of rotatable bonds is 5. The van der Waals surface area contributed by atoms with E-state index in [-0.39, 0.29) is 25.0 Å². The van der Waals surface area contributed by atoms with Crippen LogP contribution < -0.4 is 24.3 Å². The van der Waals surface area contributed by atoms with Crippen LogP contribution >= 0.6 is 0 Å². The Hall–Kier alpha value is -0.118. The zero-order chi connectivity index (χ0) is 10.4. The first kappa shape index (κ1) is 14.9. The van der Waals surface area contributed by atoms with Crippen LogP contribution in [0.15, 0.2) is 30.3 Å². The average molecular weight is 196 g/mol. The molecule has 0 aromatic heterocycles. The molecule has 0 nitrogen and oxygen atoms in total. The van der Waals surface area contributed by atoms with Crippen molar-refractivity contribution < 1.29 is 18.9 Å². The SMILES string of the molecule is CCCC[B-](C)(CC)c1ccccc1.[Li+]. The molecule has 1 aromatic rings. The van der Waals surface area contributed by atoms with Crippen LogP contribution in [0.2, 0.25) is 19.5 Å². The van der Waals surface area contributed by atoms with Crippen LogP contribution in [0.5, 0.6) is 0 Å². The molecule has 1 aromatic carbocycles. The van der Waals surface area contributed by atoms with Gasteiger partial charge in [0.15, 0.2) is 0 Å². The van der Waals surface area contributed by atoms with E-state index in [0.29, 0.717) is 0 Å². The Bertz CT molecular complexity index is 260. The summed E-state index contributed by atoms with van der Waals surface area (Å²) in [6.45, 7) is 7.05. The normalized spacial score (nSPS) is 14.1. The number of hydrogen-bond acceptors (Lipinski definition) is 0. The maximum absolute atomic E-state index is 2.45. The van der Waals surface area contributed by atoms with Gasteiger partial charge in [0, 0.05) is 6.15 Å². The topological polar surface area (TPSA) is 0 Å². The molecule has 15 heavy (non-hydrogen) atoms. The van der Waals surface area contributed by atoms with E-state index in [2.05, 4.69) is 51.0 Å². The molecular formula is C13H22BLi. The molecule has 78 valence electrons. The first-order chi connectivity index (χ1) is 6.73.